The summed E-state index contributed by atoms with van der Waals surface area (Å²) in [5, 5.41) is 22.4. The Kier molecular flexibility index (Phi) is 5.32. The highest BCUT2D eigenvalue weighted by Gasteiger charge is 2.35. The Labute approximate surface area is 162 Å². The van der Waals surface area contributed by atoms with Crippen molar-refractivity contribution in [2.75, 3.05) is 7.11 Å². The Morgan fingerprint density at radius 3 is 2.54 bits per heavy atom. The Bertz CT molecular complexity index is 1010. The van der Waals surface area contributed by atoms with Crippen LogP contribution in [0.2, 0.25) is 0 Å². The van der Waals surface area contributed by atoms with Gasteiger partial charge in [-0.05, 0) is 47.2 Å². The molecule has 0 spiro atoms. The number of nitrogens with zero attached hydrogens (tertiary/aromatic N) is 2. The number of halogens is 1. The number of thioether (sulfide) groups is 1. The highest BCUT2D eigenvalue weighted by molar-refractivity contribution is 8.18. The van der Waals surface area contributed by atoms with Crippen LogP contribution in [-0.4, -0.2) is 28.1 Å². The number of amides is 2. The minimum absolute atomic E-state index is 0.0365. The SMILES string of the molecule is COc1cc(/C=C2\SC(=O)N(Cc3ccc(F)cc3)C2=O)cc([N+](=O)[O-])c1[O-]. The standard InChI is InChI=1S/C18H13FN2O6S/c1-27-14-7-11(6-13(16(14)22)21(25)26)8-15-17(23)20(18(24)28-15)9-10-2-4-12(19)5-3-10/h2-8,22H,9H2,1H3/p-1/b15-8-. The van der Waals surface area contributed by atoms with Gasteiger partial charge in [-0.1, -0.05) is 12.1 Å². The number of nitro benzene ring substituents is 1. The average Bonchev–Trinajstić information content (AvgIpc) is 2.91. The maximum absolute atomic E-state index is 13.0. The molecule has 1 aliphatic heterocycles. The third-order valence-electron chi connectivity index (χ3n) is 3.90. The molecule has 0 radical (unpaired) electrons. The van der Waals surface area contributed by atoms with E-state index in [-0.39, 0.29) is 22.8 Å². The zero-order valence-electron chi connectivity index (χ0n) is 14.4. The van der Waals surface area contributed by atoms with Crippen molar-refractivity contribution in [1.82, 2.24) is 4.90 Å². The lowest BCUT2D eigenvalue weighted by molar-refractivity contribution is -0.398. The molecule has 10 heteroatoms. The van der Waals surface area contributed by atoms with Crippen molar-refractivity contribution in [3.8, 4) is 11.5 Å². The molecule has 0 aromatic heterocycles. The van der Waals surface area contributed by atoms with Crippen LogP contribution >= 0.6 is 11.8 Å². The van der Waals surface area contributed by atoms with Crippen molar-refractivity contribution in [2.45, 2.75) is 6.54 Å². The first-order valence-corrected chi connectivity index (χ1v) is 8.65. The highest BCUT2D eigenvalue weighted by Crippen LogP contribution is 2.38. The maximum Gasteiger partial charge on any atom is 0.293 e. The first-order valence-electron chi connectivity index (χ1n) is 7.83. The minimum atomic E-state index is -0.880. The van der Waals surface area contributed by atoms with Crippen LogP contribution in [0.3, 0.4) is 0 Å². The van der Waals surface area contributed by atoms with Crippen molar-refractivity contribution >= 4 is 34.7 Å². The topological polar surface area (TPSA) is 113 Å². The molecule has 3 rings (SSSR count). The Balaban J connectivity index is 1.90. The van der Waals surface area contributed by atoms with Crippen LogP contribution in [0.25, 0.3) is 6.08 Å². The van der Waals surface area contributed by atoms with Crippen molar-refractivity contribution in [2.24, 2.45) is 0 Å². The van der Waals surface area contributed by atoms with Crippen LogP contribution in [-0.2, 0) is 11.3 Å². The van der Waals surface area contributed by atoms with Gasteiger partial charge in [-0.25, -0.2) is 4.39 Å². The van der Waals surface area contributed by atoms with Crippen molar-refractivity contribution in [1.29, 1.82) is 0 Å². The molecular weight excluding hydrogens is 391 g/mol. The normalized spacial score (nSPS) is 15.4. The van der Waals surface area contributed by atoms with Crippen LogP contribution in [0.4, 0.5) is 14.9 Å². The third-order valence-corrected chi connectivity index (χ3v) is 4.81. The zero-order valence-corrected chi connectivity index (χ0v) is 15.2. The minimum Gasteiger partial charge on any atom is -0.865 e. The van der Waals surface area contributed by atoms with Gasteiger partial charge in [0.25, 0.3) is 16.8 Å². The molecule has 2 aromatic rings. The number of methoxy groups -OCH3 is 1. The molecule has 1 heterocycles. The highest BCUT2D eigenvalue weighted by atomic mass is 32.2. The molecule has 0 bridgehead atoms. The van der Waals surface area contributed by atoms with Gasteiger partial charge in [-0.3, -0.25) is 24.6 Å². The molecule has 0 atom stereocenters. The molecule has 2 amide bonds. The average molecular weight is 403 g/mol. The third kappa shape index (κ3) is 3.81. The molecule has 0 N–H and O–H groups in total. The number of nitro groups is 1. The zero-order chi connectivity index (χ0) is 20.4. The second-order valence-electron chi connectivity index (χ2n) is 5.72. The number of ether oxygens (including phenoxy) is 1. The lowest BCUT2D eigenvalue weighted by atomic mass is 10.1. The largest absolute Gasteiger partial charge is 0.865 e. The molecule has 28 heavy (non-hydrogen) atoms. The summed E-state index contributed by atoms with van der Waals surface area (Å²) >= 11 is 0.667. The van der Waals surface area contributed by atoms with Crippen LogP contribution in [0.1, 0.15) is 11.1 Å². The smallest absolute Gasteiger partial charge is 0.293 e. The number of imide groups is 1. The second-order valence-corrected chi connectivity index (χ2v) is 6.72. The fourth-order valence-electron chi connectivity index (χ4n) is 2.54. The fraction of sp³-hybridized carbons (Fsp3) is 0.111. The summed E-state index contributed by atoms with van der Waals surface area (Å²) in [4.78, 5) is 36.0. The monoisotopic (exact) mass is 403 g/mol. The number of rotatable bonds is 5. The van der Waals surface area contributed by atoms with E-state index in [2.05, 4.69) is 0 Å². The van der Waals surface area contributed by atoms with Crippen molar-refractivity contribution < 1.29 is 28.7 Å². The summed E-state index contributed by atoms with van der Waals surface area (Å²) in [6, 6.07) is 7.63. The molecule has 1 aliphatic rings. The number of benzene rings is 2. The van der Waals surface area contributed by atoms with Crippen molar-refractivity contribution in [3.63, 3.8) is 0 Å². The number of carbonyl (C=O) groups excluding carboxylic acids is 2. The summed E-state index contributed by atoms with van der Waals surface area (Å²) in [6.45, 7) is -0.0365. The van der Waals surface area contributed by atoms with Gasteiger partial charge in [0.15, 0.2) is 0 Å². The number of hydrogen-bond donors (Lipinski definition) is 0. The predicted octanol–water partition coefficient (Wildman–Crippen LogP) is 3.05. The summed E-state index contributed by atoms with van der Waals surface area (Å²) in [5.41, 5.74) is 0.0459. The van der Waals surface area contributed by atoms with Crippen LogP contribution in [0.5, 0.6) is 11.5 Å². The molecule has 2 aromatic carbocycles. The van der Waals surface area contributed by atoms with Gasteiger partial charge in [0, 0.05) is 11.8 Å². The molecule has 144 valence electrons. The van der Waals surface area contributed by atoms with E-state index in [0.717, 1.165) is 11.0 Å². The van der Waals surface area contributed by atoms with E-state index in [9.17, 15) is 29.2 Å². The summed E-state index contributed by atoms with van der Waals surface area (Å²) in [7, 11) is 1.20. The lowest BCUT2D eigenvalue weighted by Gasteiger charge is -2.13. The molecular formula is C18H12FN2O6S-. The van der Waals surface area contributed by atoms with Crippen molar-refractivity contribution in [3.05, 3.63) is 68.4 Å². The quantitative estimate of drug-likeness (QED) is 0.428. The van der Waals surface area contributed by atoms with Crippen LogP contribution in [0.15, 0.2) is 41.3 Å². The molecule has 1 saturated heterocycles. The summed E-state index contributed by atoms with van der Waals surface area (Å²) in [5.74, 6) is -2.15. The van der Waals surface area contributed by atoms with Gasteiger partial charge < -0.3 is 9.84 Å². The predicted molar refractivity (Wildman–Crippen MR) is 97.0 cm³/mol. The molecule has 0 aliphatic carbocycles. The first-order chi connectivity index (χ1) is 13.3. The van der Waals surface area contributed by atoms with E-state index in [0.29, 0.717) is 17.3 Å². The van der Waals surface area contributed by atoms with Gasteiger partial charge >= 0.3 is 0 Å². The van der Waals surface area contributed by atoms with Gasteiger partial charge in [0.2, 0.25) is 0 Å². The maximum atomic E-state index is 13.0. The van der Waals surface area contributed by atoms with E-state index < -0.39 is 33.3 Å². The summed E-state index contributed by atoms with van der Waals surface area (Å²) in [6.07, 6.45) is 1.28. The molecule has 1 fully saturated rings. The molecule has 8 nitrogen and oxygen atoms in total. The van der Waals surface area contributed by atoms with E-state index in [4.69, 9.17) is 4.74 Å². The fourth-order valence-corrected chi connectivity index (χ4v) is 3.38. The molecule has 0 unspecified atom stereocenters. The van der Waals surface area contributed by atoms with Gasteiger partial charge in [-0.2, -0.15) is 0 Å². The van der Waals surface area contributed by atoms with E-state index >= 15 is 0 Å². The van der Waals surface area contributed by atoms with E-state index in [1.807, 2.05) is 0 Å². The van der Waals surface area contributed by atoms with Crippen LogP contribution < -0.4 is 9.84 Å². The van der Waals surface area contributed by atoms with E-state index in [1.54, 1.807) is 0 Å². The first kappa shape index (κ1) is 19.4. The van der Waals surface area contributed by atoms with Gasteiger partial charge in [-0.15, -0.1) is 0 Å². The lowest BCUT2D eigenvalue weighted by Crippen LogP contribution is -2.27. The summed E-state index contributed by atoms with van der Waals surface area (Å²) < 4.78 is 17.8. The van der Waals surface area contributed by atoms with Gasteiger partial charge in [0.1, 0.15) is 11.6 Å². The Morgan fingerprint density at radius 1 is 1.25 bits per heavy atom. The van der Waals surface area contributed by atoms with E-state index in [1.165, 1.54) is 43.5 Å². The number of hydrogen-bond acceptors (Lipinski definition) is 7. The molecule has 0 saturated carbocycles. The second kappa shape index (κ2) is 7.69. The number of carbonyl (C=O) groups is 2. The van der Waals surface area contributed by atoms with Crippen LogP contribution in [0, 0.1) is 15.9 Å². The Hall–Kier alpha value is -3.40. The van der Waals surface area contributed by atoms with Gasteiger partial charge in [0.05, 0.1) is 23.5 Å². The Morgan fingerprint density at radius 2 is 1.93 bits per heavy atom.